The Balaban J connectivity index is 1.70. The molecule has 0 aromatic rings. The van der Waals surface area contributed by atoms with Crippen LogP contribution in [0.2, 0.25) is 0 Å². The summed E-state index contributed by atoms with van der Waals surface area (Å²) < 4.78 is 5.43. The molecule has 2 saturated heterocycles. The average molecular weight is 300 g/mol. The summed E-state index contributed by atoms with van der Waals surface area (Å²) in [7, 11) is 0. The molecule has 116 valence electrons. The first-order chi connectivity index (χ1) is 9.44. The first kappa shape index (κ1) is 16.0. The lowest BCUT2D eigenvalue weighted by atomic mass is 10.0. The minimum atomic E-state index is -0.397. The van der Waals surface area contributed by atoms with E-state index in [-0.39, 0.29) is 6.09 Å². The maximum Gasteiger partial charge on any atom is 0.410 e. The van der Waals surface area contributed by atoms with Crippen molar-refractivity contribution >= 4 is 17.9 Å². The Kier molecular flexibility index (Phi) is 5.61. The molecule has 2 aliphatic rings. The van der Waals surface area contributed by atoms with Crippen molar-refractivity contribution in [3.63, 3.8) is 0 Å². The monoisotopic (exact) mass is 300 g/mol. The zero-order chi connectivity index (χ0) is 14.6. The lowest BCUT2D eigenvalue weighted by molar-refractivity contribution is 0.0196. The molecule has 2 aliphatic heterocycles. The minimum absolute atomic E-state index is 0.163. The van der Waals surface area contributed by atoms with Gasteiger partial charge in [0.15, 0.2) is 0 Å². The Bertz CT molecular complexity index is 316. The molecule has 0 spiro atoms. The van der Waals surface area contributed by atoms with E-state index in [1.165, 1.54) is 24.3 Å². The molecule has 1 N–H and O–H groups in total. The van der Waals surface area contributed by atoms with Gasteiger partial charge in [0.2, 0.25) is 0 Å². The van der Waals surface area contributed by atoms with E-state index in [9.17, 15) is 4.79 Å². The van der Waals surface area contributed by atoms with Gasteiger partial charge in [0, 0.05) is 30.9 Å². The summed E-state index contributed by atoms with van der Waals surface area (Å²) in [5.41, 5.74) is -0.397. The number of thioether (sulfide) groups is 1. The topological polar surface area (TPSA) is 41.6 Å². The standard InChI is InChI=1S/C15H28N2O2S/c1-15(2,3)19-14(18)17-8-6-12(7-9-17)16-13-5-4-10-20-11-13/h12-13,16H,4-11H2,1-3H3. The molecule has 0 aromatic heterocycles. The van der Waals surface area contributed by atoms with E-state index >= 15 is 0 Å². The zero-order valence-corrected chi connectivity index (χ0v) is 13.8. The Morgan fingerprint density at radius 1 is 1.20 bits per heavy atom. The molecule has 0 bridgehead atoms. The van der Waals surface area contributed by atoms with Gasteiger partial charge in [0.1, 0.15) is 5.60 Å². The summed E-state index contributed by atoms with van der Waals surface area (Å²) in [6, 6.07) is 1.24. The summed E-state index contributed by atoms with van der Waals surface area (Å²) >= 11 is 2.06. The van der Waals surface area contributed by atoms with Crippen molar-refractivity contribution in [2.45, 2.75) is 64.1 Å². The summed E-state index contributed by atoms with van der Waals surface area (Å²) in [5.74, 6) is 2.56. The number of amides is 1. The quantitative estimate of drug-likeness (QED) is 0.851. The van der Waals surface area contributed by atoms with Crippen molar-refractivity contribution in [2.75, 3.05) is 24.6 Å². The van der Waals surface area contributed by atoms with Gasteiger partial charge in [-0.15, -0.1) is 0 Å². The van der Waals surface area contributed by atoms with Crippen molar-refractivity contribution in [3.8, 4) is 0 Å². The number of hydrogen-bond acceptors (Lipinski definition) is 4. The van der Waals surface area contributed by atoms with Crippen LogP contribution in [-0.2, 0) is 4.74 Å². The summed E-state index contributed by atoms with van der Waals surface area (Å²) in [5, 5.41) is 3.77. The van der Waals surface area contributed by atoms with Gasteiger partial charge in [0.05, 0.1) is 0 Å². The van der Waals surface area contributed by atoms with Crippen molar-refractivity contribution in [3.05, 3.63) is 0 Å². The lowest BCUT2D eigenvalue weighted by Gasteiger charge is -2.36. The molecule has 2 fully saturated rings. The fourth-order valence-electron chi connectivity index (χ4n) is 2.76. The number of ether oxygens (including phenoxy) is 1. The third-order valence-corrected chi connectivity index (χ3v) is 4.99. The second-order valence-electron chi connectivity index (χ2n) is 6.82. The Morgan fingerprint density at radius 3 is 2.45 bits per heavy atom. The smallest absolute Gasteiger partial charge is 0.410 e. The molecule has 20 heavy (non-hydrogen) atoms. The van der Waals surface area contributed by atoms with Crippen LogP contribution < -0.4 is 5.32 Å². The van der Waals surface area contributed by atoms with Crippen LogP contribution in [0.1, 0.15) is 46.5 Å². The molecule has 4 nitrogen and oxygen atoms in total. The van der Waals surface area contributed by atoms with Gasteiger partial charge in [0.25, 0.3) is 0 Å². The second kappa shape index (κ2) is 7.03. The van der Waals surface area contributed by atoms with Gasteiger partial charge in [-0.2, -0.15) is 11.8 Å². The third kappa shape index (κ3) is 5.17. The molecule has 5 heteroatoms. The third-order valence-electron chi connectivity index (χ3n) is 3.78. The maximum atomic E-state index is 12.0. The Hall–Kier alpha value is -0.420. The lowest BCUT2D eigenvalue weighted by Crippen LogP contribution is -2.49. The van der Waals surface area contributed by atoms with E-state index in [0.717, 1.165) is 25.9 Å². The average Bonchev–Trinajstić information content (AvgIpc) is 2.39. The van der Waals surface area contributed by atoms with E-state index in [0.29, 0.717) is 12.1 Å². The number of carbonyl (C=O) groups excluding carboxylic acids is 1. The molecule has 2 heterocycles. The van der Waals surface area contributed by atoms with Crippen LogP contribution in [0.5, 0.6) is 0 Å². The van der Waals surface area contributed by atoms with Crippen molar-refractivity contribution in [1.29, 1.82) is 0 Å². The minimum Gasteiger partial charge on any atom is -0.444 e. The van der Waals surface area contributed by atoms with Gasteiger partial charge in [-0.1, -0.05) is 0 Å². The van der Waals surface area contributed by atoms with E-state index < -0.39 is 5.60 Å². The highest BCUT2D eigenvalue weighted by atomic mass is 32.2. The molecule has 0 aliphatic carbocycles. The molecule has 1 unspecified atom stereocenters. The number of nitrogens with zero attached hydrogens (tertiary/aromatic N) is 1. The highest BCUT2D eigenvalue weighted by Gasteiger charge is 2.28. The summed E-state index contributed by atoms with van der Waals surface area (Å²) in [6.45, 7) is 7.37. The molecular formula is C15H28N2O2S. The van der Waals surface area contributed by atoms with Crippen LogP contribution in [-0.4, -0.2) is 53.3 Å². The molecule has 0 aromatic carbocycles. The van der Waals surface area contributed by atoms with E-state index in [1.807, 2.05) is 25.7 Å². The zero-order valence-electron chi connectivity index (χ0n) is 13.0. The number of carbonyl (C=O) groups is 1. The van der Waals surface area contributed by atoms with Gasteiger partial charge >= 0.3 is 6.09 Å². The molecular weight excluding hydrogens is 272 g/mol. The maximum absolute atomic E-state index is 12.0. The van der Waals surface area contributed by atoms with Gasteiger partial charge in [-0.3, -0.25) is 0 Å². The Morgan fingerprint density at radius 2 is 1.90 bits per heavy atom. The van der Waals surface area contributed by atoms with Crippen LogP contribution >= 0.6 is 11.8 Å². The number of piperidine rings is 1. The molecule has 1 atom stereocenters. The highest BCUT2D eigenvalue weighted by molar-refractivity contribution is 7.99. The Labute approximate surface area is 127 Å². The van der Waals surface area contributed by atoms with Crippen LogP contribution in [0.15, 0.2) is 0 Å². The first-order valence-corrected chi connectivity index (χ1v) is 8.91. The first-order valence-electron chi connectivity index (χ1n) is 7.76. The summed E-state index contributed by atoms with van der Waals surface area (Å²) in [4.78, 5) is 13.8. The van der Waals surface area contributed by atoms with Crippen molar-refractivity contribution in [2.24, 2.45) is 0 Å². The fourth-order valence-corrected chi connectivity index (χ4v) is 3.85. The van der Waals surface area contributed by atoms with Crippen LogP contribution in [0.3, 0.4) is 0 Å². The number of rotatable bonds is 2. The van der Waals surface area contributed by atoms with E-state index in [2.05, 4.69) is 17.1 Å². The van der Waals surface area contributed by atoms with Crippen molar-refractivity contribution < 1.29 is 9.53 Å². The van der Waals surface area contributed by atoms with Crippen LogP contribution in [0.25, 0.3) is 0 Å². The van der Waals surface area contributed by atoms with Crippen LogP contribution in [0, 0.1) is 0 Å². The predicted octanol–water partition coefficient (Wildman–Crippen LogP) is 2.87. The molecule has 2 rings (SSSR count). The fraction of sp³-hybridized carbons (Fsp3) is 0.933. The second-order valence-corrected chi connectivity index (χ2v) is 7.97. The van der Waals surface area contributed by atoms with E-state index in [1.54, 1.807) is 0 Å². The van der Waals surface area contributed by atoms with E-state index in [4.69, 9.17) is 4.74 Å². The predicted molar refractivity (Wildman–Crippen MR) is 84.3 cm³/mol. The molecule has 0 saturated carbocycles. The van der Waals surface area contributed by atoms with Gasteiger partial charge in [-0.05, 0) is 52.2 Å². The summed E-state index contributed by atoms with van der Waals surface area (Å²) in [6.07, 6.45) is 4.56. The number of nitrogens with one attached hydrogen (secondary N) is 1. The van der Waals surface area contributed by atoms with Crippen molar-refractivity contribution in [1.82, 2.24) is 10.2 Å². The number of hydrogen-bond donors (Lipinski definition) is 1. The normalized spacial score (nSPS) is 25.6. The number of likely N-dealkylation sites (tertiary alicyclic amines) is 1. The van der Waals surface area contributed by atoms with Gasteiger partial charge < -0.3 is 15.0 Å². The largest absolute Gasteiger partial charge is 0.444 e. The van der Waals surface area contributed by atoms with Gasteiger partial charge in [-0.25, -0.2) is 4.79 Å². The molecule has 0 radical (unpaired) electrons. The molecule has 1 amide bonds. The SMILES string of the molecule is CC(C)(C)OC(=O)N1CCC(NC2CCCSC2)CC1. The highest BCUT2D eigenvalue weighted by Crippen LogP contribution is 2.20. The van der Waals surface area contributed by atoms with Crippen LogP contribution in [0.4, 0.5) is 4.79 Å².